The Kier molecular flexibility index (Phi) is 11.4. The number of para-hydroxylation sites is 3. The summed E-state index contributed by atoms with van der Waals surface area (Å²) in [6, 6.07) is 24.7. The van der Waals surface area contributed by atoms with E-state index in [4.69, 9.17) is 9.47 Å². The van der Waals surface area contributed by atoms with Crippen LogP contribution in [0.15, 0.2) is 78.9 Å². The van der Waals surface area contributed by atoms with Gasteiger partial charge in [0.15, 0.2) is 5.75 Å². The number of hydrogen-bond acceptors (Lipinski definition) is 7. The van der Waals surface area contributed by atoms with Crippen LogP contribution < -0.4 is 20.3 Å². The van der Waals surface area contributed by atoms with Crippen molar-refractivity contribution in [2.24, 2.45) is 0 Å². The van der Waals surface area contributed by atoms with Crippen LogP contribution in [-0.4, -0.2) is 80.8 Å². The highest BCUT2D eigenvalue weighted by molar-refractivity contribution is 5.91. The van der Waals surface area contributed by atoms with E-state index in [1.54, 1.807) is 12.1 Å². The Morgan fingerprint density at radius 3 is 2.34 bits per heavy atom. The predicted octanol–water partition coefficient (Wildman–Crippen LogP) is 5.52. The van der Waals surface area contributed by atoms with Gasteiger partial charge in [-0.3, -0.25) is 15.0 Å². The van der Waals surface area contributed by atoms with Crippen LogP contribution in [0.2, 0.25) is 0 Å². The van der Waals surface area contributed by atoms with Gasteiger partial charge in [-0.05, 0) is 55.6 Å². The van der Waals surface area contributed by atoms with Crippen LogP contribution in [0.3, 0.4) is 0 Å². The summed E-state index contributed by atoms with van der Waals surface area (Å²) in [6.07, 6.45) is -0.0257. The molecule has 1 aliphatic rings. The van der Waals surface area contributed by atoms with Gasteiger partial charge in [0.25, 0.3) is 0 Å². The number of piperazine rings is 1. The minimum Gasteiger partial charge on any atom is -0.455 e. The summed E-state index contributed by atoms with van der Waals surface area (Å²) in [4.78, 5) is 31.7. The molecule has 0 saturated carbocycles. The standard InChI is InChI=1S/C32H41N5O4/c1-3-35(4-2)18-17-31(38)33-26-11-10-12-27(25-26)37-21-19-36(20-22-37)23-24-40-32(39)34-29-15-8-9-16-30(29)41-28-13-6-5-7-14-28/h5-16,25H,3-4,17-24H2,1-2H3,(H,33,38)(H,34,39). The van der Waals surface area contributed by atoms with E-state index in [0.717, 1.165) is 57.2 Å². The van der Waals surface area contributed by atoms with E-state index in [1.165, 1.54) is 0 Å². The molecule has 0 bridgehead atoms. The van der Waals surface area contributed by atoms with Gasteiger partial charge in [0.2, 0.25) is 5.91 Å². The molecule has 0 aliphatic carbocycles. The van der Waals surface area contributed by atoms with Gasteiger partial charge in [-0.25, -0.2) is 4.79 Å². The molecule has 9 nitrogen and oxygen atoms in total. The average Bonchev–Trinajstić information content (AvgIpc) is 3.00. The molecular formula is C32H41N5O4. The van der Waals surface area contributed by atoms with Crippen LogP contribution in [0.5, 0.6) is 11.5 Å². The molecule has 1 saturated heterocycles. The molecule has 3 aromatic carbocycles. The largest absolute Gasteiger partial charge is 0.455 e. The number of nitrogens with one attached hydrogen (secondary N) is 2. The van der Waals surface area contributed by atoms with Gasteiger partial charge in [-0.2, -0.15) is 0 Å². The third-order valence-corrected chi connectivity index (χ3v) is 7.15. The molecule has 1 heterocycles. The fourth-order valence-corrected chi connectivity index (χ4v) is 4.72. The van der Waals surface area contributed by atoms with E-state index in [9.17, 15) is 9.59 Å². The van der Waals surface area contributed by atoms with E-state index >= 15 is 0 Å². The summed E-state index contributed by atoms with van der Waals surface area (Å²) < 4.78 is 11.4. The maximum Gasteiger partial charge on any atom is 0.411 e. The van der Waals surface area contributed by atoms with Gasteiger partial charge in [0.05, 0.1) is 5.69 Å². The molecule has 0 spiro atoms. The van der Waals surface area contributed by atoms with Gasteiger partial charge in [0, 0.05) is 57.1 Å². The highest BCUT2D eigenvalue weighted by Gasteiger charge is 2.18. The zero-order chi connectivity index (χ0) is 28.9. The zero-order valence-electron chi connectivity index (χ0n) is 24.1. The van der Waals surface area contributed by atoms with Crippen molar-refractivity contribution in [3.8, 4) is 11.5 Å². The summed E-state index contributed by atoms with van der Waals surface area (Å²) in [5, 5.41) is 5.83. The Balaban J connectivity index is 1.17. The van der Waals surface area contributed by atoms with Crippen molar-refractivity contribution in [3.63, 3.8) is 0 Å². The number of rotatable bonds is 13. The second-order valence-corrected chi connectivity index (χ2v) is 9.88. The number of benzene rings is 3. The smallest absolute Gasteiger partial charge is 0.411 e. The van der Waals surface area contributed by atoms with Crippen molar-refractivity contribution in [2.75, 3.05) is 74.5 Å². The molecule has 1 fully saturated rings. The molecule has 0 aromatic heterocycles. The van der Waals surface area contributed by atoms with Gasteiger partial charge in [-0.1, -0.05) is 50.2 Å². The maximum atomic E-state index is 12.5. The van der Waals surface area contributed by atoms with Crippen LogP contribution in [0.4, 0.5) is 21.9 Å². The summed E-state index contributed by atoms with van der Waals surface area (Å²) >= 11 is 0. The van der Waals surface area contributed by atoms with Crippen molar-refractivity contribution in [1.82, 2.24) is 9.80 Å². The number of anilines is 3. The Morgan fingerprint density at radius 1 is 0.854 bits per heavy atom. The number of amides is 2. The molecule has 3 aromatic rings. The third-order valence-electron chi connectivity index (χ3n) is 7.15. The van der Waals surface area contributed by atoms with E-state index in [1.807, 2.05) is 60.7 Å². The molecule has 2 N–H and O–H groups in total. The Bertz CT molecular complexity index is 1240. The van der Waals surface area contributed by atoms with Crippen molar-refractivity contribution in [1.29, 1.82) is 0 Å². The predicted molar refractivity (Wildman–Crippen MR) is 164 cm³/mol. The van der Waals surface area contributed by atoms with Crippen LogP contribution in [0.25, 0.3) is 0 Å². The first kappa shape index (κ1) is 29.9. The summed E-state index contributed by atoms with van der Waals surface area (Å²) in [5.41, 5.74) is 2.47. The molecule has 4 rings (SSSR count). The highest BCUT2D eigenvalue weighted by atomic mass is 16.5. The third kappa shape index (κ3) is 9.51. The summed E-state index contributed by atoms with van der Waals surface area (Å²) in [7, 11) is 0. The fourth-order valence-electron chi connectivity index (χ4n) is 4.72. The van der Waals surface area contributed by atoms with Crippen LogP contribution >= 0.6 is 0 Å². The molecule has 218 valence electrons. The fraction of sp³-hybridized carbons (Fsp3) is 0.375. The molecular weight excluding hydrogens is 518 g/mol. The first-order valence-electron chi connectivity index (χ1n) is 14.4. The first-order chi connectivity index (χ1) is 20.0. The zero-order valence-corrected chi connectivity index (χ0v) is 24.1. The van der Waals surface area contributed by atoms with Crippen molar-refractivity contribution < 1.29 is 19.1 Å². The van der Waals surface area contributed by atoms with Gasteiger partial charge < -0.3 is 24.6 Å². The number of carbonyl (C=O) groups excluding carboxylic acids is 2. The van der Waals surface area contributed by atoms with Crippen molar-refractivity contribution in [2.45, 2.75) is 20.3 Å². The van der Waals surface area contributed by atoms with Crippen LogP contribution in [-0.2, 0) is 9.53 Å². The van der Waals surface area contributed by atoms with E-state index in [0.29, 0.717) is 36.8 Å². The van der Waals surface area contributed by atoms with E-state index in [-0.39, 0.29) is 5.91 Å². The quantitative estimate of drug-likeness (QED) is 0.285. The minimum atomic E-state index is -0.510. The molecule has 0 unspecified atom stereocenters. The number of hydrogen-bond donors (Lipinski definition) is 2. The lowest BCUT2D eigenvalue weighted by atomic mass is 10.2. The lowest BCUT2D eigenvalue weighted by molar-refractivity contribution is -0.116. The molecule has 2 amide bonds. The normalized spacial score (nSPS) is 13.6. The second-order valence-electron chi connectivity index (χ2n) is 9.88. The Morgan fingerprint density at radius 2 is 1.59 bits per heavy atom. The maximum absolute atomic E-state index is 12.5. The van der Waals surface area contributed by atoms with E-state index in [2.05, 4.69) is 45.2 Å². The SMILES string of the molecule is CCN(CC)CCC(=O)Nc1cccc(N2CCN(CCOC(=O)Nc3ccccc3Oc3ccccc3)CC2)c1. The van der Waals surface area contributed by atoms with E-state index < -0.39 is 6.09 Å². The van der Waals surface area contributed by atoms with Crippen molar-refractivity contribution in [3.05, 3.63) is 78.9 Å². The Hall–Kier alpha value is -4.08. The highest BCUT2D eigenvalue weighted by Crippen LogP contribution is 2.29. The Labute approximate surface area is 243 Å². The number of nitrogens with zero attached hydrogens (tertiary/aromatic N) is 3. The lowest BCUT2D eigenvalue weighted by Gasteiger charge is -2.36. The number of ether oxygens (including phenoxy) is 2. The van der Waals surface area contributed by atoms with Gasteiger partial charge in [0.1, 0.15) is 12.4 Å². The molecule has 0 atom stereocenters. The molecule has 9 heteroatoms. The molecule has 41 heavy (non-hydrogen) atoms. The van der Waals surface area contributed by atoms with Crippen LogP contribution in [0, 0.1) is 0 Å². The summed E-state index contributed by atoms with van der Waals surface area (Å²) in [5.74, 6) is 1.28. The van der Waals surface area contributed by atoms with Gasteiger partial charge >= 0.3 is 6.09 Å². The van der Waals surface area contributed by atoms with Gasteiger partial charge in [-0.15, -0.1) is 0 Å². The number of carbonyl (C=O) groups is 2. The molecule has 1 aliphatic heterocycles. The topological polar surface area (TPSA) is 86.4 Å². The van der Waals surface area contributed by atoms with Crippen LogP contribution in [0.1, 0.15) is 20.3 Å². The monoisotopic (exact) mass is 559 g/mol. The average molecular weight is 560 g/mol. The summed E-state index contributed by atoms with van der Waals surface area (Å²) in [6.45, 7) is 11.3. The van der Waals surface area contributed by atoms with Crippen molar-refractivity contribution >= 4 is 29.1 Å². The lowest BCUT2D eigenvalue weighted by Crippen LogP contribution is -2.47. The minimum absolute atomic E-state index is 0.0371. The first-order valence-corrected chi connectivity index (χ1v) is 14.4. The molecule has 0 radical (unpaired) electrons. The second kappa shape index (κ2) is 15.6.